The van der Waals surface area contributed by atoms with E-state index in [1.807, 2.05) is 6.92 Å². The maximum atomic E-state index is 12.5. The summed E-state index contributed by atoms with van der Waals surface area (Å²) in [4.78, 5) is 0.238. The van der Waals surface area contributed by atoms with Gasteiger partial charge in [0, 0.05) is 5.69 Å². The first-order valence-electron chi connectivity index (χ1n) is 6.69. The average Bonchev–Trinajstić information content (AvgIpc) is 2.49. The molecule has 0 saturated heterocycles. The Bertz CT molecular complexity index is 767. The Kier molecular flexibility index (Phi) is 4.61. The Morgan fingerprint density at radius 1 is 0.909 bits per heavy atom. The Labute approximate surface area is 130 Å². The van der Waals surface area contributed by atoms with Gasteiger partial charge in [0.25, 0.3) is 10.0 Å². The predicted octanol–water partition coefficient (Wildman–Crippen LogP) is 3.12. The van der Waals surface area contributed by atoms with E-state index in [9.17, 15) is 8.42 Å². The van der Waals surface area contributed by atoms with Gasteiger partial charge in [-0.25, -0.2) is 8.42 Å². The van der Waals surface area contributed by atoms with Crippen LogP contribution in [0.2, 0.25) is 0 Å². The van der Waals surface area contributed by atoms with E-state index in [0.29, 0.717) is 22.7 Å². The van der Waals surface area contributed by atoms with Gasteiger partial charge in [0.1, 0.15) is 11.5 Å². The second-order valence-corrected chi connectivity index (χ2v) is 6.57. The molecule has 0 aliphatic heterocycles. The molecule has 0 amide bonds. The lowest BCUT2D eigenvalue weighted by Crippen LogP contribution is -2.14. The van der Waals surface area contributed by atoms with Crippen molar-refractivity contribution in [2.45, 2.75) is 18.7 Å². The van der Waals surface area contributed by atoms with Crippen molar-refractivity contribution in [2.24, 2.45) is 0 Å². The van der Waals surface area contributed by atoms with Crippen LogP contribution in [0.4, 0.5) is 5.69 Å². The predicted molar refractivity (Wildman–Crippen MR) is 86.3 cm³/mol. The highest BCUT2D eigenvalue weighted by atomic mass is 32.2. The average molecular weight is 321 g/mol. The smallest absolute Gasteiger partial charge is 0.262 e. The molecule has 0 saturated carbocycles. The largest absolute Gasteiger partial charge is 0.497 e. The third kappa shape index (κ3) is 3.33. The minimum absolute atomic E-state index is 0.238. The zero-order chi connectivity index (χ0) is 16.3. The number of nitrogens with one attached hydrogen (secondary N) is 1. The molecule has 2 aromatic carbocycles. The third-order valence-corrected chi connectivity index (χ3v) is 4.85. The molecule has 2 aromatic rings. The third-order valence-electron chi connectivity index (χ3n) is 3.32. The fourth-order valence-corrected chi connectivity index (χ4v) is 3.51. The van der Waals surface area contributed by atoms with Crippen LogP contribution >= 0.6 is 0 Å². The van der Waals surface area contributed by atoms with Crippen LogP contribution in [0.3, 0.4) is 0 Å². The summed E-state index contributed by atoms with van der Waals surface area (Å²) in [6.45, 7) is 3.55. The highest BCUT2D eigenvalue weighted by Gasteiger charge is 2.19. The zero-order valence-electron chi connectivity index (χ0n) is 13.0. The molecule has 0 aliphatic carbocycles. The van der Waals surface area contributed by atoms with Crippen molar-refractivity contribution in [1.29, 1.82) is 0 Å². The normalized spacial score (nSPS) is 11.1. The summed E-state index contributed by atoms with van der Waals surface area (Å²) in [5.74, 6) is 1.33. The van der Waals surface area contributed by atoms with E-state index < -0.39 is 10.0 Å². The molecule has 0 heterocycles. The van der Waals surface area contributed by atoms with Gasteiger partial charge in [0.15, 0.2) is 0 Å². The quantitative estimate of drug-likeness (QED) is 0.919. The molecule has 0 spiro atoms. The van der Waals surface area contributed by atoms with Gasteiger partial charge >= 0.3 is 0 Å². The Balaban J connectivity index is 2.35. The van der Waals surface area contributed by atoms with Gasteiger partial charge in [-0.1, -0.05) is 0 Å². The summed E-state index contributed by atoms with van der Waals surface area (Å²) in [6, 6.07) is 10.0. The number of hydrogen-bond acceptors (Lipinski definition) is 4. The summed E-state index contributed by atoms with van der Waals surface area (Å²) in [6.07, 6.45) is 0. The van der Waals surface area contributed by atoms with Crippen molar-refractivity contribution >= 4 is 15.7 Å². The summed E-state index contributed by atoms with van der Waals surface area (Å²) in [5.41, 5.74) is 1.88. The highest BCUT2D eigenvalue weighted by molar-refractivity contribution is 7.92. The molecule has 0 aliphatic rings. The topological polar surface area (TPSA) is 64.6 Å². The lowest BCUT2D eigenvalue weighted by molar-refractivity contribution is 0.411. The van der Waals surface area contributed by atoms with E-state index in [2.05, 4.69) is 4.72 Å². The van der Waals surface area contributed by atoms with Gasteiger partial charge in [0.2, 0.25) is 0 Å². The Hall–Kier alpha value is -2.21. The maximum Gasteiger partial charge on any atom is 0.262 e. The second kappa shape index (κ2) is 6.27. The number of rotatable bonds is 5. The molecule has 0 fully saturated rings. The number of ether oxygens (including phenoxy) is 2. The lowest BCUT2D eigenvalue weighted by atomic mass is 10.1. The van der Waals surface area contributed by atoms with Crippen LogP contribution in [0.1, 0.15) is 11.1 Å². The fraction of sp³-hybridized carbons (Fsp3) is 0.250. The molecular formula is C16H19NO4S. The molecule has 0 unspecified atom stereocenters. The molecule has 0 aromatic heterocycles. The van der Waals surface area contributed by atoms with Crippen LogP contribution in [-0.2, 0) is 10.0 Å². The molecular weight excluding hydrogens is 302 g/mol. The number of methoxy groups -OCH3 is 2. The van der Waals surface area contributed by atoms with Crippen LogP contribution in [0.5, 0.6) is 11.5 Å². The first-order valence-corrected chi connectivity index (χ1v) is 8.18. The van der Waals surface area contributed by atoms with Crippen LogP contribution in [0, 0.1) is 13.8 Å². The number of aryl methyl sites for hydroxylation is 2. The molecule has 118 valence electrons. The number of benzene rings is 2. The lowest BCUT2D eigenvalue weighted by Gasteiger charge is -2.13. The van der Waals surface area contributed by atoms with Gasteiger partial charge in [-0.2, -0.15) is 0 Å². The Morgan fingerprint density at radius 2 is 1.55 bits per heavy atom. The van der Waals surface area contributed by atoms with Crippen molar-refractivity contribution in [3.63, 3.8) is 0 Å². The molecule has 0 atom stereocenters. The van der Waals surface area contributed by atoms with Crippen LogP contribution < -0.4 is 14.2 Å². The molecule has 5 nitrogen and oxygen atoms in total. The molecule has 1 N–H and O–H groups in total. The number of anilines is 1. The monoisotopic (exact) mass is 321 g/mol. The van der Waals surface area contributed by atoms with E-state index in [-0.39, 0.29) is 4.90 Å². The molecule has 2 rings (SSSR count). The van der Waals surface area contributed by atoms with E-state index >= 15 is 0 Å². The van der Waals surface area contributed by atoms with E-state index in [4.69, 9.17) is 9.47 Å². The van der Waals surface area contributed by atoms with Gasteiger partial charge < -0.3 is 9.47 Å². The SMILES string of the molecule is COc1ccc(NS(=O)(=O)c2cc(C)c(OC)cc2C)cc1. The van der Waals surface area contributed by atoms with E-state index in [1.165, 1.54) is 0 Å². The number of sulfonamides is 1. The number of hydrogen-bond donors (Lipinski definition) is 1. The van der Waals surface area contributed by atoms with Crippen molar-refractivity contribution < 1.29 is 17.9 Å². The minimum Gasteiger partial charge on any atom is -0.497 e. The van der Waals surface area contributed by atoms with Gasteiger partial charge in [0.05, 0.1) is 19.1 Å². The highest BCUT2D eigenvalue weighted by Crippen LogP contribution is 2.27. The van der Waals surface area contributed by atoms with E-state index in [1.54, 1.807) is 57.5 Å². The zero-order valence-corrected chi connectivity index (χ0v) is 13.8. The van der Waals surface area contributed by atoms with Crippen molar-refractivity contribution in [1.82, 2.24) is 0 Å². The van der Waals surface area contributed by atoms with Gasteiger partial charge in [-0.15, -0.1) is 0 Å². The van der Waals surface area contributed by atoms with Crippen molar-refractivity contribution in [3.8, 4) is 11.5 Å². The van der Waals surface area contributed by atoms with Crippen LogP contribution in [-0.4, -0.2) is 22.6 Å². The van der Waals surface area contributed by atoms with Crippen molar-refractivity contribution in [3.05, 3.63) is 47.5 Å². The summed E-state index contributed by atoms with van der Waals surface area (Å²) in [7, 11) is -0.538. The van der Waals surface area contributed by atoms with Gasteiger partial charge in [-0.05, 0) is 61.4 Å². The first kappa shape index (κ1) is 16.2. The molecule has 0 bridgehead atoms. The first-order chi connectivity index (χ1) is 10.4. The summed E-state index contributed by atoms with van der Waals surface area (Å²) < 4.78 is 37.9. The van der Waals surface area contributed by atoms with Crippen LogP contribution in [0.25, 0.3) is 0 Å². The van der Waals surface area contributed by atoms with Crippen LogP contribution in [0.15, 0.2) is 41.3 Å². The fourth-order valence-electron chi connectivity index (χ4n) is 2.14. The van der Waals surface area contributed by atoms with Gasteiger partial charge in [-0.3, -0.25) is 4.72 Å². The molecule has 6 heteroatoms. The Morgan fingerprint density at radius 3 is 2.09 bits per heavy atom. The minimum atomic E-state index is -3.66. The maximum absolute atomic E-state index is 12.5. The van der Waals surface area contributed by atoms with Crippen molar-refractivity contribution in [2.75, 3.05) is 18.9 Å². The summed E-state index contributed by atoms with van der Waals surface area (Å²) >= 11 is 0. The molecule has 0 radical (unpaired) electrons. The summed E-state index contributed by atoms with van der Waals surface area (Å²) in [5, 5.41) is 0. The van der Waals surface area contributed by atoms with E-state index in [0.717, 1.165) is 5.56 Å². The second-order valence-electron chi connectivity index (χ2n) is 4.92. The standard InChI is InChI=1S/C16H19NO4S/c1-11-10-16(12(2)9-15(11)21-4)22(18,19)17-13-5-7-14(20-3)8-6-13/h5-10,17H,1-4H3. The molecule has 22 heavy (non-hydrogen) atoms.